The summed E-state index contributed by atoms with van der Waals surface area (Å²) in [7, 11) is 0. The van der Waals surface area contributed by atoms with Gasteiger partial charge in [-0.2, -0.15) is 0 Å². The molecular weight excluding hydrogens is 256 g/mol. The average molecular weight is 280 g/mol. The van der Waals surface area contributed by atoms with E-state index in [-0.39, 0.29) is 17.5 Å². The summed E-state index contributed by atoms with van der Waals surface area (Å²) in [6.07, 6.45) is 2.94. The number of nitrogens with one attached hydrogen (secondary N) is 2. The molecular formula is C14H24N4O2. The molecule has 3 rings (SSSR count). The molecule has 3 saturated heterocycles. The van der Waals surface area contributed by atoms with E-state index in [4.69, 9.17) is 0 Å². The Labute approximate surface area is 119 Å². The Morgan fingerprint density at radius 1 is 1.45 bits per heavy atom. The zero-order valence-electron chi connectivity index (χ0n) is 12.2. The third-order valence-electron chi connectivity index (χ3n) is 4.95. The molecule has 0 aromatic rings. The quantitative estimate of drug-likeness (QED) is 0.765. The molecule has 0 aromatic carbocycles. The van der Waals surface area contributed by atoms with Crippen molar-refractivity contribution in [3.05, 3.63) is 0 Å². The molecule has 112 valence electrons. The minimum atomic E-state index is -0.201. The van der Waals surface area contributed by atoms with Crippen LogP contribution in [0.1, 0.15) is 26.2 Å². The predicted octanol–water partition coefficient (Wildman–Crippen LogP) is 0.00220. The van der Waals surface area contributed by atoms with E-state index in [9.17, 15) is 9.59 Å². The molecule has 3 aliphatic rings. The van der Waals surface area contributed by atoms with Crippen molar-refractivity contribution in [1.29, 1.82) is 0 Å². The number of fused-ring (bicyclic) bond motifs is 1. The lowest BCUT2D eigenvalue weighted by Crippen LogP contribution is -2.57. The van der Waals surface area contributed by atoms with Gasteiger partial charge in [0.2, 0.25) is 5.91 Å². The second kappa shape index (κ2) is 5.24. The molecule has 0 aromatic heterocycles. The van der Waals surface area contributed by atoms with Gasteiger partial charge in [0.05, 0.1) is 11.5 Å². The van der Waals surface area contributed by atoms with Crippen LogP contribution in [0.5, 0.6) is 0 Å². The second-order valence-corrected chi connectivity index (χ2v) is 6.24. The minimum absolute atomic E-state index is 0.0212. The van der Waals surface area contributed by atoms with Crippen LogP contribution in [-0.4, -0.2) is 67.0 Å². The first-order chi connectivity index (χ1) is 9.66. The fourth-order valence-electron chi connectivity index (χ4n) is 3.85. The first-order valence-electron chi connectivity index (χ1n) is 7.71. The molecule has 3 heterocycles. The van der Waals surface area contributed by atoms with Gasteiger partial charge in [-0.3, -0.25) is 4.79 Å². The van der Waals surface area contributed by atoms with Gasteiger partial charge < -0.3 is 20.4 Å². The molecule has 2 N–H and O–H groups in total. The van der Waals surface area contributed by atoms with E-state index in [1.165, 1.54) is 0 Å². The van der Waals surface area contributed by atoms with E-state index < -0.39 is 0 Å². The zero-order valence-corrected chi connectivity index (χ0v) is 12.2. The summed E-state index contributed by atoms with van der Waals surface area (Å²) in [4.78, 5) is 28.4. The number of rotatable bonds is 3. The molecule has 2 atom stereocenters. The topological polar surface area (TPSA) is 64.7 Å². The van der Waals surface area contributed by atoms with Gasteiger partial charge in [-0.05, 0) is 19.4 Å². The van der Waals surface area contributed by atoms with Crippen LogP contribution in [0.2, 0.25) is 0 Å². The minimum Gasteiger partial charge on any atom is -0.338 e. The van der Waals surface area contributed by atoms with Gasteiger partial charge in [0.25, 0.3) is 0 Å². The fourth-order valence-corrected chi connectivity index (χ4v) is 3.85. The lowest BCUT2D eigenvalue weighted by atomic mass is 9.80. The number of amides is 3. The zero-order chi connectivity index (χ0) is 14.2. The molecule has 0 aliphatic carbocycles. The Morgan fingerprint density at radius 2 is 2.30 bits per heavy atom. The van der Waals surface area contributed by atoms with Crippen LogP contribution in [0.15, 0.2) is 0 Å². The molecule has 0 spiro atoms. The third-order valence-corrected chi connectivity index (χ3v) is 4.95. The van der Waals surface area contributed by atoms with E-state index in [1.54, 1.807) is 0 Å². The number of hydrogen-bond donors (Lipinski definition) is 2. The lowest BCUT2D eigenvalue weighted by Gasteiger charge is -2.40. The van der Waals surface area contributed by atoms with Crippen molar-refractivity contribution < 1.29 is 9.59 Å². The summed E-state index contributed by atoms with van der Waals surface area (Å²) >= 11 is 0. The molecule has 0 bridgehead atoms. The largest absolute Gasteiger partial charge is 0.338 e. The van der Waals surface area contributed by atoms with Crippen molar-refractivity contribution in [1.82, 2.24) is 20.4 Å². The second-order valence-electron chi connectivity index (χ2n) is 6.24. The maximum Gasteiger partial charge on any atom is 0.317 e. The van der Waals surface area contributed by atoms with Gasteiger partial charge in [0, 0.05) is 32.7 Å². The van der Waals surface area contributed by atoms with Crippen LogP contribution >= 0.6 is 0 Å². The van der Waals surface area contributed by atoms with Gasteiger partial charge in [-0.1, -0.05) is 13.3 Å². The van der Waals surface area contributed by atoms with Crippen molar-refractivity contribution in [3.8, 4) is 0 Å². The molecule has 3 amide bonds. The van der Waals surface area contributed by atoms with Crippen LogP contribution in [0, 0.1) is 5.41 Å². The maximum absolute atomic E-state index is 12.9. The number of carbonyl (C=O) groups excluding carboxylic acids is 2. The van der Waals surface area contributed by atoms with Gasteiger partial charge >= 0.3 is 6.03 Å². The Bertz CT molecular complexity index is 406. The van der Waals surface area contributed by atoms with E-state index in [0.717, 1.165) is 32.4 Å². The van der Waals surface area contributed by atoms with Gasteiger partial charge in [-0.25, -0.2) is 4.79 Å². The Morgan fingerprint density at radius 3 is 3.00 bits per heavy atom. The molecule has 6 heteroatoms. The molecule has 3 aliphatic heterocycles. The molecule has 2 unspecified atom stereocenters. The van der Waals surface area contributed by atoms with E-state index >= 15 is 0 Å². The maximum atomic E-state index is 12.9. The average Bonchev–Trinajstić information content (AvgIpc) is 3.07. The summed E-state index contributed by atoms with van der Waals surface area (Å²) < 4.78 is 0. The number of nitrogens with zero attached hydrogens (tertiary/aromatic N) is 2. The predicted molar refractivity (Wildman–Crippen MR) is 75.3 cm³/mol. The smallest absolute Gasteiger partial charge is 0.317 e. The highest BCUT2D eigenvalue weighted by Crippen LogP contribution is 2.34. The normalized spacial score (nSPS) is 33.2. The van der Waals surface area contributed by atoms with E-state index in [0.29, 0.717) is 32.1 Å². The monoisotopic (exact) mass is 280 g/mol. The van der Waals surface area contributed by atoms with Crippen LogP contribution in [0.25, 0.3) is 0 Å². The summed E-state index contributed by atoms with van der Waals surface area (Å²) in [5.74, 6) is 0.295. The van der Waals surface area contributed by atoms with Crippen LogP contribution in [0.4, 0.5) is 4.79 Å². The van der Waals surface area contributed by atoms with Crippen molar-refractivity contribution >= 4 is 11.9 Å². The third kappa shape index (κ3) is 2.16. The number of piperazine rings is 1. The summed E-state index contributed by atoms with van der Waals surface area (Å²) in [6, 6.07) is 0.182. The standard InChI is InChI=1S/C14H24N4O2/c1-2-3-14(4-5-15-10-14)12(19)17-6-7-18-11(9-17)8-16-13(18)20/h11,15H,2-10H2,1H3,(H,16,20). The lowest BCUT2D eigenvalue weighted by molar-refractivity contribution is -0.143. The first kappa shape index (κ1) is 13.7. The number of hydrogen-bond acceptors (Lipinski definition) is 3. The van der Waals surface area contributed by atoms with Crippen molar-refractivity contribution in [2.75, 3.05) is 39.3 Å². The van der Waals surface area contributed by atoms with Gasteiger partial charge in [0.15, 0.2) is 0 Å². The van der Waals surface area contributed by atoms with Crippen molar-refractivity contribution in [3.63, 3.8) is 0 Å². The summed E-state index contributed by atoms with van der Waals surface area (Å²) in [5.41, 5.74) is -0.201. The number of urea groups is 1. The van der Waals surface area contributed by atoms with Crippen LogP contribution in [0.3, 0.4) is 0 Å². The van der Waals surface area contributed by atoms with Crippen molar-refractivity contribution in [2.24, 2.45) is 5.41 Å². The highest BCUT2D eigenvalue weighted by atomic mass is 16.2. The van der Waals surface area contributed by atoms with E-state index in [1.807, 2.05) is 9.80 Å². The Hall–Kier alpha value is -1.30. The Balaban J connectivity index is 1.69. The molecule has 6 nitrogen and oxygen atoms in total. The molecule has 0 saturated carbocycles. The highest BCUT2D eigenvalue weighted by Gasteiger charge is 2.45. The molecule has 0 radical (unpaired) electrons. The molecule has 20 heavy (non-hydrogen) atoms. The Kier molecular flexibility index (Phi) is 3.58. The van der Waals surface area contributed by atoms with Gasteiger partial charge in [0.1, 0.15) is 0 Å². The highest BCUT2D eigenvalue weighted by molar-refractivity contribution is 5.84. The van der Waals surface area contributed by atoms with Gasteiger partial charge in [-0.15, -0.1) is 0 Å². The first-order valence-corrected chi connectivity index (χ1v) is 7.71. The van der Waals surface area contributed by atoms with E-state index in [2.05, 4.69) is 17.6 Å². The summed E-state index contributed by atoms with van der Waals surface area (Å²) in [6.45, 7) is 6.58. The molecule has 3 fully saturated rings. The van der Waals surface area contributed by atoms with Crippen LogP contribution < -0.4 is 10.6 Å². The summed E-state index contributed by atoms with van der Waals surface area (Å²) in [5, 5.41) is 6.21. The van der Waals surface area contributed by atoms with Crippen molar-refractivity contribution in [2.45, 2.75) is 32.2 Å². The van der Waals surface area contributed by atoms with Crippen LogP contribution in [-0.2, 0) is 4.79 Å². The number of carbonyl (C=O) groups is 2. The fraction of sp³-hybridized carbons (Fsp3) is 0.857. The SMILES string of the molecule is CCCC1(C(=O)N2CCN3C(=O)NCC3C2)CCNC1.